The molecule has 0 saturated carbocycles. The molecule has 1 saturated heterocycles. The maximum Gasteiger partial charge on any atom is 0.239 e. The Labute approximate surface area is 242 Å². The zero-order chi connectivity index (χ0) is 28.0. The van der Waals surface area contributed by atoms with Crippen LogP contribution < -0.4 is 5.73 Å². The molecule has 5 nitrogen and oxygen atoms in total. The van der Waals surface area contributed by atoms with Crippen LogP contribution >= 0.6 is 11.8 Å². The molecule has 4 aromatic rings. The van der Waals surface area contributed by atoms with E-state index in [0.29, 0.717) is 11.7 Å². The summed E-state index contributed by atoms with van der Waals surface area (Å²) in [5.74, 6) is 0.0954. The summed E-state index contributed by atoms with van der Waals surface area (Å²) in [6.45, 7) is 3.80. The van der Waals surface area contributed by atoms with Gasteiger partial charge in [0.2, 0.25) is 5.91 Å². The second-order valence-corrected chi connectivity index (χ2v) is 11.9. The van der Waals surface area contributed by atoms with E-state index in [4.69, 9.17) is 10.7 Å². The van der Waals surface area contributed by atoms with Crippen LogP contribution in [0.15, 0.2) is 97.3 Å². The van der Waals surface area contributed by atoms with Crippen LogP contribution in [0.25, 0.3) is 0 Å². The Morgan fingerprint density at radius 3 is 1.90 bits per heavy atom. The molecule has 0 aliphatic carbocycles. The molecule has 0 unspecified atom stereocenters. The minimum absolute atomic E-state index is 0.0954. The molecule has 1 aliphatic heterocycles. The van der Waals surface area contributed by atoms with E-state index >= 15 is 0 Å². The first-order valence-corrected chi connectivity index (χ1v) is 15.6. The standard InChI is InChI=1S/C34H40N4OS/c1-26-32(20-12-19-31(35)33(39)37-23-21-30(40-2)22-24-37)36-25-38(26)34(27-13-6-3-7-14-27,28-15-8-4-9-16-28)29-17-10-5-11-18-29/h3-11,13-18,25,30-31H,12,19-24,35H2,1-2H3/t31-/m0/s1. The highest BCUT2D eigenvalue weighted by molar-refractivity contribution is 7.99. The van der Waals surface area contributed by atoms with Crippen molar-refractivity contribution in [2.45, 2.75) is 55.9 Å². The summed E-state index contributed by atoms with van der Waals surface area (Å²) in [6, 6.07) is 31.5. The highest BCUT2D eigenvalue weighted by atomic mass is 32.2. The molecule has 1 aromatic heterocycles. The molecule has 1 amide bonds. The number of piperidine rings is 1. The van der Waals surface area contributed by atoms with Gasteiger partial charge in [-0.15, -0.1) is 0 Å². The van der Waals surface area contributed by atoms with Crippen molar-refractivity contribution in [1.29, 1.82) is 0 Å². The molecule has 5 rings (SSSR count). The van der Waals surface area contributed by atoms with E-state index in [1.54, 1.807) is 0 Å². The average molecular weight is 553 g/mol. The lowest BCUT2D eigenvalue weighted by Gasteiger charge is -2.38. The molecule has 40 heavy (non-hydrogen) atoms. The van der Waals surface area contributed by atoms with Crippen molar-refractivity contribution in [2.24, 2.45) is 5.73 Å². The van der Waals surface area contributed by atoms with Gasteiger partial charge in [0, 0.05) is 24.0 Å². The Hall–Kier alpha value is -3.35. The normalized spacial score (nSPS) is 15.2. The lowest BCUT2D eigenvalue weighted by atomic mass is 9.76. The van der Waals surface area contributed by atoms with E-state index < -0.39 is 11.6 Å². The van der Waals surface area contributed by atoms with Crippen molar-refractivity contribution in [3.63, 3.8) is 0 Å². The van der Waals surface area contributed by atoms with Gasteiger partial charge in [-0.1, -0.05) is 91.0 Å². The Bertz CT molecular complexity index is 1270. The lowest BCUT2D eigenvalue weighted by Crippen LogP contribution is -2.47. The van der Waals surface area contributed by atoms with E-state index in [-0.39, 0.29) is 5.91 Å². The largest absolute Gasteiger partial charge is 0.341 e. The summed E-state index contributed by atoms with van der Waals surface area (Å²) >= 11 is 1.90. The Balaban J connectivity index is 1.40. The van der Waals surface area contributed by atoms with Crippen LogP contribution in [-0.4, -0.2) is 51.0 Å². The Kier molecular flexibility index (Phi) is 9.08. The van der Waals surface area contributed by atoms with E-state index in [2.05, 4.69) is 109 Å². The maximum absolute atomic E-state index is 13.0. The summed E-state index contributed by atoms with van der Waals surface area (Å²) < 4.78 is 2.32. The number of aryl methyl sites for hydroxylation is 1. The quantitative estimate of drug-likeness (QED) is 0.244. The molecule has 0 bridgehead atoms. The van der Waals surface area contributed by atoms with Crippen molar-refractivity contribution < 1.29 is 4.79 Å². The fourth-order valence-electron chi connectivity index (χ4n) is 6.14. The molecular formula is C34H40N4OS. The fourth-order valence-corrected chi connectivity index (χ4v) is 6.83. The first kappa shape index (κ1) is 28.2. The summed E-state index contributed by atoms with van der Waals surface area (Å²) in [6.07, 6.45) is 8.52. The zero-order valence-corrected chi connectivity index (χ0v) is 24.4. The summed E-state index contributed by atoms with van der Waals surface area (Å²) in [7, 11) is 0. The molecule has 3 aromatic carbocycles. The number of nitrogens with two attached hydrogens (primary N) is 1. The molecule has 0 radical (unpaired) electrons. The SMILES string of the molecule is CSC1CCN(C(=O)[C@@H](N)CCCc2ncn(C(c3ccccc3)(c3ccccc3)c3ccccc3)c2C)CC1. The number of hydrogen-bond donors (Lipinski definition) is 1. The predicted molar refractivity (Wildman–Crippen MR) is 166 cm³/mol. The van der Waals surface area contributed by atoms with Gasteiger partial charge in [0.15, 0.2) is 0 Å². The second-order valence-electron chi connectivity index (χ2n) is 10.7. The first-order chi connectivity index (χ1) is 19.6. The maximum atomic E-state index is 13.0. The van der Waals surface area contributed by atoms with Gasteiger partial charge in [-0.25, -0.2) is 4.98 Å². The number of nitrogens with zero attached hydrogens (tertiary/aromatic N) is 3. The minimum atomic E-state index is -0.575. The van der Waals surface area contributed by atoms with E-state index in [9.17, 15) is 4.79 Å². The average Bonchev–Trinajstić information content (AvgIpc) is 3.38. The Morgan fingerprint density at radius 1 is 0.925 bits per heavy atom. The molecule has 1 fully saturated rings. The highest BCUT2D eigenvalue weighted by Gasteiger charge is 2.39. The Morgan fingerprint density at radius 2 is 1.43 bits per heavy atom. The number of imidazole rings is 1. The molecule has 2 heterocycles. The van der Waals surface area contributed by atoms with Gasteiger partial charge in [0.1, 0.15) is 5.54 Å². The smallest absolute Gasteiger partial charge is 0.239 e. The van der Waals surface area contributed by atoms with E-state index in [1.807, 2.05) is 23.0 Å². The number of carbonyl (C=O) groups is 1. The number of likely N-dealkylation sites (tertiary alicyclic amines) is 1. The third kappa shape index (κ3) is 5.61. The molecule has 208 valence electrons. The van der Waals surface area contributed by atoms with Gasteiger partial charge in [-0.05, 0) is 62.0 Å². The number of hydrogen-bond acceptors (Lipinski definition) is 4. The number of benzene rings is 3. The van der Waals surface area contributed by atoms with Gasteiger partial charge in [-0.3, -0.25) is 4.79 Å². The number of rotatable bonds is 10. The number of aromatic nitrogens is 2. The van der Waals surface area contributed by atoms with Crippen LogP contribution in [0.2, 0.25) is 0 Å². The topological polar surface area (TPSA) is 64.2 Å². The van der Waals surface area contributed by atoms with Crippen LogP contribution in [0, 0.1) is 6.92 Å². The van der Waals surface area contributed by atoms with Crippen LogP contribution in [0.5, 0.6) is 0 Å². The number of thioether (sulfide) groups is 1. The summed E-state index contributed by atoms with van der Waals surface area (Å²) in [4.78, 5) is 19.9. The van der Waals surface area contributed by atoms with Crippen molar-refractivity contribution >= 4 is 17.7 Å². The zero-order valence-electron chi connectivity index (χ0n) is 23.6. The number of amides is 1. The van der Waals surface area contributed by atoms with Gasteiger partial charge in [0.25, 0.3) is 0 Å². The molecule has 1 aliphatic rings. The first-order valence-electron chi connectivity index (χ1n) is 14.3. The van der Waals surface area contributed by atoms with Gasteiger partial charge in [0.05, 0.1) is 18.1 Å². The molecule has 1 atom stereocenters. The predicted octanol–water partition coefficient (Wildman–Crippen LogP) is 6.04. The molecular weight excluding hydrogens is 512 g/mol. The summed E-state index contributed by atoms with van der Waals surface area (Å²) in [5, 5.41) is 0.660. The van der Waals surface area contributed by atoms with Crippen molar-refractivity contribution in [3.8, 4) is 0 Å². The van der Waals surface area contributed by atoms with Crippen molar-refractivity contribution in [2.75, 3.05) is 19.3 Å². The minimum Gasteiger partial charge on any atom is -0.341 e. The van der Waals surface area contributed by atoms with Crippen LogP contribution in [0.1, 0.15) is 53.8 Å². The monoisotopic (exact) mass is 552 g/mol. The third-order valence-corrected chi connectivity index (χ3v) is 9.52. The van der Waals surface area contributed by atoms with Gasteiger partial charge in [-0.2, -0.15) is 11.8 Å². The van der Waals surface area contributed by atoms with Crippen LogP contribution in [0.4, 0.5) is 0 Å². The van der Waals surface area contributed by atoms with Crippen molar-refractivity contribution in [1.82, 2.24) is 14.5 Å². The molecule has 6 heteroatoms. The van der Waals surface area contributed by atoms with Gasteiger partial charge >= 0.3 is 0 Å². The molecule has 2 N–H and O–H groups in total. The highest BCUT2D eigenvalue weighted by Crippen LogP contribution is 2.42. The third-order valence-electron chi connectivity index (χ3n) is 8.38. The number of carbonyl (C=O) groups excluding carboxylic acids is 1. The van der Waals surface area contributed by atoms with Crippen molar-refractivity contribution in [3.05, 3.63) is 125 Å². The molecule has 0 spiro atoms. The van der Waals surface area contributed by atoms with E-state index in [1.165, 1.54) is 16.7 Å². The fraction of sp³-hybridized carbons (Fsp3) is 0.353. The van der Waals surface area contributed by atoms with Crippen LogP contribution in [-0.2, 0) is 16.8 Å². The van der Waals surface area contributed by atoms with Crippen LogP contribution in [0.3, 0.4) is 0 Å². The van der Waals surface area contributed by atoms with E-state index in [0.717, 1.165) is 50.2 Å². The van der Waals surface area contributed by atoms with Gasteiger partial charge < -0.3 is 15.2 Å². The second kappa shape index (κ2) is 12.9. The lowest BCUT2D eigenvalue weighted by molar-refractivity contribution is -0.133. The summed E-state index contributed by atoms with van der Waals surface area (Å²) in [5.41, 5.74) is 11.5.